The Balaban J connectivity index is 4.25. The molecule has 6 heteroatoms. The monoisotopic (exact) mass is 947 g/mol. The zero-order valence-electron chi connectivity index (χ0n) is 45.9. The lowest BCUT2D eigenvalue weighted by atomic mass is 10.0. The fourth-order valence-electron chi connectivity index (χ4n) is 9.46. The van der Waals surface area contributed by atoms with Gasteiger partial charge in [0.2, 0.25) is 0 Å². The van der Waals surface area contributed by atoms with Crippen molar-refractivity contribution < 1.29 is 28.6 Å². The summed E-state index contributed by atoms with van der Waals surface area (Å²) in [6, 6.07) is 0. The van der Waals surface area contributed by atoms with Crippen molar-refractivity contribution >= 4 is 17.9 Å². The summed E-state index contributed by atoms with van der Waals surface area (Å²) in [4.78, 5) is 38.2. The number of carbonyl (C=O) groups is 3. The van der Waals surface area contributed by atoms with E-state index >= 15 is 0 Å². The Morgan fingerprint density at radius 2 is 0.493 bits per heavy atom. The van der Waals surface area contributed by atoms with Crippen LogP contribution in [0.3, 0.4) is 0 Å². The summed E-state index contributed by atoms with van der Waals surface area (Å²) in [7, 11) is 0. The van der Waals surface area contributed by atoms with E-state index < -0.39 is 6.10 Å². The van der Waals surface area contributed by atoms with Crippen LogP contribution in [-0.4, -0.2) is 37.2 Å². The molecular weight excluding hydrogens is 829 g/mol. The second-order valence-electron chi connectivity index (χ2n) is 21.5. The number of rotatable bonds is 56. The number of ether oxygens (including phenoxy) is 3. The Morgan fingerprint density at radius 1 is 0.284 bits per heavy atom. The molecule has 0 radical (unpaired) electrons. The van der Waals surface area contributed by atoms with Crippen LogP contribution in [0, 0.1) is 5.92 Å². The first-order valence-electron chi connectivity index (χ1n) is 30.4. The Labute approximate surface area is 418 Å². The van der Waals surface area contributed by atoms with Crippen molar-refractivity contribution in [2.45, 2.75) is 355 Å². The van der Waals surface area contributed by atoms with E-state index in [1.54, 1.807) is 0 Å². The molecule has 0 bridgehead atoms. The highest BCUT2D eigenvalue weighted by Crippen LogP contribution is 2.18. The molecule has 0 heterocycles. The van der Waals surface area contributed by atoms with Crippen molar-refractivity contribution in [3.63, 3.8) is 0 Å². The van der Waals surface area contributed by atoms with Gasteiger partial charge in [0.15, 0.2) is 6.10 Å². The largest absolute Gasteiger partial charge is 0.462 e. The molecule has 0 saturated heterocycles. The molecule has 0 aromatic rings. The average Bonchev–Trinajstić information content (AvgIpc) is 3.31. The Kier molecular flexibility index (Phi) is 54.0. The first-order valence-corrected chi connectivity index (χ1v) is 30.4. The summed E-state index contributed by atoms with van der Waals surface area (Å²) in [5.41, 5.74) is 0. The average molecular weight is 948 g/mol. The van der Waals surface area contributed by atoms with Gasteiger partial charge in [-0.3, -0.25) is 14.4 Å². The van der Waals surface area contributed by atoms with Gasteiger partial charge in [-0.05, 0) is 25.2 Å². The predicted molar refractivity (Wildman–Crippen MR) is 289 cm³/mol. The van der Waals surface area contributed by atoms with E-state index in [0.717, 1.165) is 63.7 Å². The highest BCUT2D eigenvalue weighted by Gasteiger charge is 2.19. The first kappa shape index (κ1) is 65.4. The Hall–Kier alpha value is -1.59. The second-order valence-corrected chi connectivity index (χ2v) is 21.5. The number of unbranched alkanes of at least 4 members (excludes halogenated alkanes) is 43. The minimum Gasteiger partial charge on any atom is -0.462 e. The molecule has 0 unspecified atom stereocenters. The predicted octanol–water partition coefficient (Wildman–Crippen LogP) is 20.2. The van der Waals surface area contributed by atoms with Crippen LogP contribution in [0.25, 0.3) is 0 Å². The number of hydrogen-bond donors (Lipinski definition) is 0. The molecule has 0 fully saturated rings. The van der Waals surface area contributed by atoms with E-state index in [9.17, 15) is 14.4 Å². The third-order valence-corrected chi connectivity index (χ3v) is 14.0. The van der Waals surface area contributed by atoms with E-state index in [0.29, 0.717) is 19.3 Å². The molecule has 0 amide bonds. The Bertz CT molecular complexity index is 1010. The third-order valence-electron chi connectivity index (χ3n) is 14.0. The van der Waals surface area contributed by atoms with Crippen LogP contribution < -0.4 is 0 Å². The van der Waals surface area contributed by atoms with Gasteiger partial charge in [-0.2, -0.15) is 0 Å². The summed E-state index contributed by atoms with van der Waals surface area (Å²) in [6.07, 6.45) is 61.0. The van der Waals surface area contributed by atoms with E-state index in [-0.39, 0.29) is 31.1 Å². The van der Waals surface area contributed by atoms with Crippen LogP contribution in [0.5, 0.6) is 0 Å². The zero-order valence-corrected chi connectivity index (χ0v) is 45.9. The van der Waals surface area contributed by atoms with Crippen LogP contribution in [0.2, 0.25) is 0 Å². The maximum absolute atomic E-state index is 12.9. The van der Waals surface area contributed by atoms with Gasteiger partial charge in [0.25, 0.3) is 0 Å². The lowest BCUT2D eigenvalue weighted by Gasteiger charge is -2.18. The minimum absolute atomic E-state index is 0.0614. The van der Waals surface area contributed by atoms with E-state index in [4.69, 9.17) is 14.2 Å². The lowest BCUT2D eigenvalue weighted by Crippen LogP contribution is -2.30. The fourth-order valence-corrected chi connectivity index (χ4v) is 9.46. The van der Waals surface area contributed by atoms with Gasteiger partial charge in [0.05, 0.1) is 0 Å². The van der Waals surface area contributed by atoms with Gasteiger partial charge < -0.3 is 14.2 Å². The van der Waals surface area contributed by atoms with Crippen molar-refractivity contribution in [1.82, 2.24) is 0 Å². The molecule has 0 saturated carbocycles. The minimum atomic E-state index is -0.762. The standard InChI is InChI=1S/C61H118O6/c1-5-7-9-11-13-15-17-19-24-29-33-37-41-45-49-53-60(63)66-56-58(55-65-59(62)52-48-44-40-36-32-27-18-16-14-12-10-8-6-2)67-61(64)54-50-46-42-38-34-30-26-23-21-20-22-25-28-31-35-39-43-47-51-57(3)4/h57-58H,5-56H2,1-4H3/t58-/m1/s1. The SMILES string of the molecule is CCCCCCCCCCCCCCCCCC(=O)OC[C@@H](COC(=O)CCCCCCCCCCCCCCC)OC(=O)CCCCCCCCCCCCCCCCCCCCC(C)C. The third kappa shape index (κ3) is 55.2. The molecule has 0 aromatic heterocycles. The lowest BCUT2D eigenvalue weighted by molar-refractivity contribution is -0.167. The van der Waals surface area contributed by atoms with Gasteiger partial charge in [-0.1, -0.05) is 310 Å². The van der Waals surface area contributed by atoms with E-state index in [2.05, 4.69) is 27.7 Å². The first-order chi connectivity index (χ1) is 32.9. The van der Waals surface area contributed by atoms with Crippen LogP contribution in [0.1, 0.15) is 349 Å². The molecule has 6 nitrogen and oxygen atoms in total. The van der Waals surface area contributed by atoms with Crippen LogP contribution >= 0.6 is 0 Å². The number of esters is 3. The molecule has 0 aliphatic rings. The zero-order chi connectivity index (χ0) is 48.8. The topological polar surface area (TPSA) is 78.9 Å². The number of hydrogen-bond acceptors (Lipinski definition) is 6. The summed E-state index contributed by atoms with van der Waals surface area (Å²) in [5.74, 6) is 0.0270. The molecule has 0 rings (SSSR count). The summed E-state index contributed by atoms with van der Waals surface area (Å²) in [6.45, 7) is 9.08. The van der Waals surface area contributed by atoms with Crippen molar-refractivity contribution in [1.29, 1.82) is 0 Å². The second kappa shape index (κ2) is 55.3. The van der Waals surface area contributed by atoms with Gasteiger partial charge in [-0.25, -0.2) is 0 Å². The van der Waals surface area contributed by atoms with Crippen LogP contribution in [0.15, 0.2) is 0 Å². The Morgan fingerprint density at radius 3 is 0.731 bits per heavy atom. The maximum Gasteiger partial charge on any atom is 0.306 e. The molecule has 0 aromatic carbocycles. The van der Waals surface area contributed by atoms with Crippen molar-refractivity contribution in [2.24, 2.45) is 5.92 Å². The van der Waals surface area contributed by atoms with Gasteiger partial charge in [0, 0.05) is 19.3 Å². The molecule has 0 spiro atoms. The van der Waals surface area contributed by atoms with Crippen molar-refractivity contribution in [3.05, 3.63) is 0 Å². The summed E-state index contributed by atoms with van der Waals surface area (Å²) >= 11 is 0. The summed E-state index contributed by atoms with van der Waals surface area (Å²) < 4.78 is 16.9. The molecule has 0 aliphatic carbocycles. The highest BCUT2D eigenvalue weighted by atomic mass is 16.6. The maximum atomic E-state index is 12.9. The van der Waals surface area contributed by atoms with Crippen LogP contribution in [-0.2, 0) is 28.6 Å². The molecule has 0 aliphatic heterocycles. The van der Waals surface area contributed by atoms with Crippen molar-refractivity contribution in [3.8, 4) is 0 Å². The van der Waals surface area contributed by atoms with E-state index in [1.807, 2.05) is 0 Å². The molecular formula is C61H118O6. The molecule has 1 atom stereocenters. The van der Waals surface area contributed by atoms with E-state index in [1.165, 1.54) is 244 Å². The highest BCUT2D eigenvalue weighted by molar-refractivity contribution is 5.71. The molecule has 398 valence electrons. The number of carbonyl (C=O) groups excluding carboxylic acids is 3. The fraction of sp³-hybridized carbons (Fsp3) is 0.951. The van der Waals surface area contributed by atoms with Gasteiger partial charge in [-0.15, -0.1) is 0 Å². The van der Waals surface area contributed by atoms with Crippen LogP contribution in [0.4, 0.5) is 0 Å². The van der Waals surface area contributed by atoms with Crippen molar-refractivity contribution in [2.75, 3.05) is 13.2 Å². The van der Waals surface area contributed by atoms with Gasteiger partial charge >= 0.3 is 17.9 Å². The molecule has 67 heavy (non-hydrogen) atoms. The normalized spacial score (nSPS) is 12.0. The molecule has 0 N–H and O–H groups in total. The van der Waals surface area contributed by atoms with Gasteiger partial charge in [0.1, 0.15) is 13.2 Å². The summed E-state index contributed by atoms with van der Waals surface area (Å²) in [5, 5.41) is 0. The smallest absolute Gasteiger partial charge is 0.306 e. The quantitative estimate of drug-likeness (QED) is 0.0343.